The maximum absolute atomic E-state index is 9.86. The second kappa shape index (κ2) is 7.38. The zero-order valence-corrected chi connectivity index (χ0v) is 16.7. The summed E-state index contributed by atoms with van der Waals surface area (Å²) in [7, 11) is 0. The van der Waals surface area contributed by atoms with Crippen molar-refractivity contribution in [2.24, 2.45) is 0 Å². The van der Waals surface area contributed by atoms with Crippen LogP contribution < -0.4 is 0 Å². The molecule has 2 rings (SSSR count). The Morgan fingerprint density at radius 3 is 1.64 bits per heavy atom. The highest BCUT2D eigenvalue weighted by Crippen LogP contribution is 2.36. The van der Waals surface area contributed by atoms with Crippen molar-refractivity contribution < 1.29 is 15.3 Å². The van der Waals surface area contributed by atoms with Gasteiger partial charge in [0.05, 0.1) is 0 Å². The largest absolute Gasteiger partial charge is 0.507 e. The van der Waals surface area contributed by atoms with Crippen LogP contribution in [0.2, 0.25) is 0 Å². The van der Waals surface area contributed by atoms with Gasteiger partial charge >= 0.3 is 0 Å². The van der Waals surface area contributed by atoms with E-state index in [1.54, 1.807) is 6.07 Å². The third-order valence-electron chi connectivity index (χ3n) is 4.08. The highest BCUT2D eigenvalue weighted by Gasteiger charge is 2.20. The molecular weight excluding hydrogens is 312 g/mol. The number of aryl methyl sites for hydroxylation is 2. The maximum Gasteiger partial charge on any atom is 0.161 e. The number of hydrogen-bond acceptors (Lipinski definition) is 3. The summed E-state index contributed by atoms with van der Waals surface area (Å²) in [4.78, 5) is 0. The molecular formula is C22H32O3. The Morgan fingerprint density at radius 1 is 0.680 bits per heavy atom. The van der Waals surface area contributed by atoms with E-state index < -0.39 is 0 Å². The van der Waals surface area contributed by atoms with Gasteiger partial charge in [0.25, 0.3) is 0 Å². The van der Waals surface area contributed by atoms with Gasteiger partial charge in [-0.15, -0.1) is 0 Å². The summed E-state index contributed by atoms with van der Waals surface area (Å²) >= 11 is 0. The Hall–Kier alpha value is -2.16. The maximum atomic E-state index is 9.86. The van der Waals surface area contributed by atoms with E-state index in [0.29, 0.717) is 5.75 Å². The number of hydrogen-bond donors (Lipinski definition) is 3. The smallest absolute Gasteiger partial charge is 0.161 e. The van der Waals surface area contributed by atoms with Gasteiger partial charge in [0.2, 0.25) is 0 Å². The Bertz CT molecular complexity index is 732. The Labute approximate surface area is 152 Å². The monoisotopic (exact) mass is 344 g/mol. The second-order valence-corrected chi connectivity index (χ2v) is 8.65. The predicted octanol–water partition coefficient (Wildman–Crippen LogP) is 5.70. The minimum atomic E-state index is -0.136. The fourth-order valence-corrected chi connectivity index (χ4v) is 2.67. The number of rotatable bonds is 0. The minimum absolute atomic E-state index is 0.00926. The molecule has 138 valence electrons. The molecule has 0 aliphatic rings. The lowest BCUT2D eigenvalue weighted by Gasteiger charge is -2.22. The van der Waals surface area contributed by atoms with Crippen molar-refractivity contribution in [1.29, 1.82) is 0 Å². The van der Waals surface area contributed by atoms with E-state index in [0.717, 1.165) is 16.7 Å². The first kappa shape index (κ1) is 20.9. The van der Waals surface area contributed by atoms with Gasteiger partial charge < -0.3 is 15.3 Å². The fourth-order valence-electron chi connectivity index (χ4n) is 2.67. The Morgan fingerprint density at radius 2 is 1.20 bits per heavy atom. The summed E-state index contributed by atoms with van der Waals surface area (Å²) in [5, 5.41) is 28.6. The highest BCUT2D eigenvalue weighted by atomic mass is 16.3. The van der Waals surface area contributed by atoms with Crippen LogP contribution in [0.4, 0.5) is 0 Å². The molecule has 0 heterocycles. The predicted molar refractivity (Wildman–Crippen MR) is 105 cm³/mol. The van der Waals surface area contributed by atoms with Crippen molar-refractivity contribution in [3.63, 3.8) is 0 Å². The molecule has 0 aliphatic carbocycles. The van der Waals surface area contributed by atoms with Crippen LogP contribution in [0, 0.1) is 13.8 Å². The summed E-state index contributed by atoms with van der Waals surface area (Å²) in [5.41, 5.74) is 3.85. The van der Waals surface area contributed by atoms with E-state index in [9.17, 15) is 15.3 Å². The van der Waals surface area contributed by atoms with Gasteiger partial charge in [-0.25, -0.2) is 0 Å². The Kier molecular flexibility index (Phi) is 6.17. The molecule has 0 bridgehead atoms. The van der Waals surface area contributed by atoms with Crippen LogP contribution in [0.15, 0.2) is 30.3 Å². The quantitative estimate of drug-likeness (QED) is 0.537. The zero-order valence-electron chi connectivity index (χ0n) is 16.7. The lowest BCUT2D eigenvalue weighted by atomic mass is 9.84. The first-order valence-electron chi connectivity index (χ1n) is 8.57. The molecule has 0 radical (unpaired) electrons. The number of aromatic hydroxyl groups is 3. The summed E-state index contributed by atoms with van der Waals surface area (Å²) in [6, 6.07) is 9.09. The van der Waals surface area contributed by atoms with Crippen LogP contribution in [-0.2, 0) is 10.8 Å². The molecule has 0 amide bonds. The molecule has 0 saturated carbocycles. The molecule has 0 aromatic heterocycles. The summed E-state index contributed by atoms with van der Waals surface area (Å²) < 4.78 is 0. The molecule has 0 spiro atoms. The molecule has 0 atom stereocenters. The second-order valence-electron chi connectivity index (χ2n) is 8.65. The van der Waals surface area contributed by atoms with Crippen LogP contribution in [0.25, 0.3) is 0 Å². The zero-order chi connectivity index (χ0) is 19.6. The van der Waals surface area contributed by atoms with E-state index in [2.05, 4.69) is 33.8 Å². The van der Waals surface area contributed by atoms with Crippen LogP contribution in [0.1, 0.15) is 63.8 Å². The third-order valence-corrected chi connectivity index (χ3v) is 4.08. The number of benzene rings is 2. The normalized spacial score (nSPS) is 11.7. The van der Waals surface area contributed by atoms with Gasteiger partial charge in [0.1, 0.15) is 5.75 Å². The van der Waals surface area contributed by atoms with Crippen molar-refractivity contribution in [1.82, 2.24) is 0 Å². The topological polar surface area (TPSA) is 60.7 Å². The van der Waals surface area contributed by atoms with E-state index in [1.807, 2.05) is 39.8 Å². The fraction of sp³-hybridized carbons (Fsp3) is 0.455. The molecule has 3 heteroatoms. The Balaban J connectivity index is 0.000000251. The molecule has 25 heavy (non-hydrogen) atoms. The van der Waals surface area contributed by atoms with Gasteiger partial charge in [0, 0.05) is 5.56 Å². The van der Waals surface area contributed by atoms with Crippen LogP contribution in [0.3, 0.4) is 0 Å². The van der Waals surface area contributed by atoms with Crippen molar-refractivity contribution in [3.8, 4) is 17.2 Å². The van der Waals surface area contributed by atoms with Gasteiger partial charge in [-0.1, -0.05) is 71.4 Å². The van der Waals surface area contributed by atoms with Crippen LogP contribution >= 0.6 is 0 Å². The first-order chi connectivity index (χ1) is 11.2. The number of para-hydroxylation sites is 1. The average Bonchev–Trinajstić information content (AvgIpc) is 2.44. The highest BCUT2D eigenvalue weighted by molar-refractivity contribution is 5.47. The summed E-state index contributed by atoms with van der Waals surface area (Å²) in [6.07, 6.45) is 0. The average molecular weight is 344 g/mol. The standard InChI is InChI=1S/C12H18O.C10H14O2/c1-8-6-9(2)11(13)10(7-8)12(3,4)5;1-10(2,3)7-5-4-6-8(11)9(7)12/h6-7,13H,1-5H3;4-6,11-12H,1-3H3. The molecule has 3 N–H and O–H groups in total. The molecule has 2 aromatic carbocycles. The van der Waals surface area contributed by atoms with Gasteiger partial charge in [-0.05, 0) is 41.9 Å². The molecule has 0 unspecified atom stereocenters. The van der Waals surface area contributed by atoms with Gasteiger partial charge in [0.15, 0.2) is 11.5 Å². The van der Waals surface area contributed by atoms with E-state index >= 15 is 0 Å². The molecule has 2 aromatic rings. The number of phenols is 3. The van der Waals surface area contributed by atoms with Gasteiger partial charge in [-0.2, -0.15) is 0 Å². The molecule has 3 nitrogen and oxygen atoms in total. The van der Waals surface area contributed by atoms with Crippen molar-refractivity contribution in [3.05, 3.63) is 52.6 Å². The summed E-state index contributed by atoms with van der Waals surface area (Å²) in [6.45, 7) is 16.3. The van der Waals surface area contributed by atoms with Crippen molar-refractivity contribution in [2.45, 2.75) is 66.2 Å². The molecule has 0 saturated heterocycles. The van der Waals surface area contributed by atoms with E-state index in [4.69, 9.17) is 0 Å². The van der Waals surface area contributed by atoms with E-state index in [1.165, 1.54) is 11.6 Å². The lowest BCUT2D eigenvalue weighted by Crippen LogP contribution is -2.12. The first-order valence-corrected chi connectivity index (χ1v) is 8.57. The lowest BCUT2D eigenvalue weighted by molar-refractivity contribution is 0.389. The molecule has 0 aliphatic heterocycles. The number of phenolic OH excluding ortho intramolecular Hbond substituents is 3. The van der Waals surface area contributed by atoms with E-state index in [-0.39, 0.29) is 22.3 Å². The third kappa shape index (κ3) is 5.42. The summed E-state index contributed by atoms with van der Waals surface area (Å²) in [5.74, 6) is 0.380. The SMILES string of the molecule is CC(C)(C)c1cccc(O)c1O.Cc1cc(C)c(O)c(C(C)(C)C)c1. The minimum Gasteiger partial charge on any atom is -0.507 e. The van der Waals surface area contributed by atoms with Crippen LogP contribution in [0.5, 0.6) is 17.2 Å². The van der Waals surface area contributed by atoms with Crippen molar-refractivity contribution in [2.75, 3.05) is 0 Å². The van der Waals surface area contributed by atoms with Gasteiger partial charge in [-0.3, -0.25) is 0 Å². The van der Waals surface area contributed by atoms with Crippen LogP contribution in [-0.4, -0.2) is 15.3 Å². The van der Waals surface area contributed by atoms with Crippen molar-refractivity contribution >= 4 is 0 Å². The molecule has 0 fully saturated rings.